The summed E-state index contributed by atoms with van der Waals surface area (Å²) in [4.78, 5) is 0. The third kappa shape index (κ3) is 3.78. The van der Waals surface area contributed by atoms with Crippen molar-refractivity contribution in [2.45, 2.75) is 14.0 Å². The van der Waals surface area contributed by atoms with E-state index < -0.39 is 6.10 Å². The fourth-order valence-electron chi connectivity index (χ4n) is 2.94. The van der Waals surface area contributed by atoms with Crippen molar-refractivity contribution >= 4 is 0 Å². The molecule has 0 amide bonds. The molecule has 122 valence electrons. The van der Waals surface area contributed by atoms with Crippen LogP contribution in [0.5, 0.6) is 0 Å². The zero-order chi connectivity index (χ0) is 17.1. The summed E-state index contributed by atoms with van der Waals surface area (Å²) < 4.78 is 0.950. The van der Waals surface area contributed by atoms with E-state index in [9.17, 15) is 5.11 Å². The number of hydrogen-bond acceptors (Lipinski definition) is 1. The van der Waals surface area contributed by atoms with E-state index >= 15 is 0 Å². The van der Waals surface area contributed by atoms with Crippen LogP contribution in [0.25, 0.3) is 0 Å². The maximum Gasteiger partial charge on any atom is 0.294 e. The second kappa shape index (κ2) is 7.43. The third-order valence-electron chi connectivity index (χ3n) is 4.31. The first-order valence-electron chi connectivity index (χ1n) is 8.34. The van der Waals surface area contributed by atoms with Crippen molar-refractivity contribution in [3.8, 4) is 11.8 Å². The lowest BCUT2D eigenvalue weighted by Crippen LogP contribution is -3.48. The van der Waals surface area contributed by atoms with Crippen LogP contribution < -0.4 is 21.2 Å². The molecule has 3 atom stereocenters. The summed E-state index contributed by atoms with van der Waals surface area (Å²) in [6.45, 7) is 0. The Labute approximate surface area is 159 Å². The van der Waals surface area contributed by atoms with Crippen molar-refractivity contribution in [2.24, 2.45) is 0 Å². The molecule has 1 N–H and O–H groups in total. The summed E-state index contributed by atoms with van der Waals surface area (Å²) in [5.74, 6) is 6.46. The molecule has 2 heteroatoms. The maximum absolute atomic E-state index is 10.9. The summed E-state index contributed by atoms with van der Waals surface area (Å²) in [7, 11) is 0. The third-order valence-corrected chi connectivity index (χ3v) is 7.98. The highest BCUT2D eigenvalue weighted by atomic mass is 127. The molecule has 3 aromatic rings. The van der Waals surface area contributed by atoms with Gasteiger partial charge < -0.3 is 5.11 Å². The van der Waals surface area contributed by atoms with Gasteiger partial charge in [0.2, 0.25) is 7.85 Å². The molecule has 1 aliphatic rings. The summed E-state index contributed by atoms with van der Waals surface area (Å²) in [6.07, 6.45) is -0.417. The van der Waals surface area contributed by atoms with E-state index in [-0.39, 0.29) is 21.2 Å². The Hall–Kier alpha value is -2.09. The molecule has 3 unspecified atom stereocenters. The Morgan fingerprint density at radius 2 is 1.40 bits per heavy atom. The second-order valence-electron chi connectivity index (χ2n) is 6.03. The summed E-state index contributed by atoms with van der Waals surface area (Å²) in [5, 5.41) is 10.9. The minimum Gasteiger partial charge on any atom is -0.383 e. The summed E-state index contributed by atoms with van der Waals surface area (Å²) in [6, 6.07) is 28.5. The van der Waals surface area contributed by atoms with Gasteiger partial charge in [0.05, 0.1) is 0 Å². The number of aliphatic hydroxyl groups is 1. The number of benzene rings is 3. The van der Waals surface area contributed by atoms with Gasteiger partial charge >= 0.3 is 0 Å². The molecule has 0 saturated carbocycles. The predicted molar refractivity (Wildman–Crippen MR) is 96.8 cm³/mol. The zero-order valence-electron chi connectivity index (χ0n) is 13.6. The average Bonchev–Trinajstić information content (AvgIpc) is 3.48. The molecule has 4 rings (SSSR count). The van der Waals surface area contributed by atoms with E-state index in [4.69, 9.17) is 0 Å². The first-order valence-corrected chi connectivity index (χ1v) is 10.8. The van der Waals surface area contributed by atoms with Crippen molar-refractivity contribution in [1.82, 2.24) is 0 Å². The van der Waals surface area contributed by atoms with Crippen LogP contribution in [0.4, 0.5) is 0 Å². The number of halogens is 1. The van der Waals surface area contributed by atoms with E-state index in [1.165, 1.54) is 5.56 Å². The molecule has 1 aliphatic heterocycles. The molecule has 1 heterocycles. The first kappa shape index (κ1) is 16.4. The highest BCUT2D eigenvalue weighted by Gasteiger charge is 2.64. The van der Waals surface area contributed by atoms with E-state index in [1.807, 2.05) is 60.7 Å². The van der Waals surface area contributed by atoms with Crippen LogP contribution in [0.2, 0.25) is 0 Å². The normalized spacial score (nSPS) is 19.6. The standard InChI is InChI=1S/C23H18IO/c25-23(22-21(24-22)19-12-5-2-6-13-19)20-14-8-7-11-18(20)16-15-17-9-3-1-4-10-17/h1-14,21-23,25H/q+1. The highest BCUT2D eigenvalue weighted by Crippen LogP contribution is 2.28. The minimum absolute atomic E-state index is 0.00184. The molecule has 0 bridgehead atoms. The Morgan fingerprint density at radius 3 is 2.16 bits per heavy atom. The molecular weight excluding hydrogens is 419 g/mol. The van der Waals surface area contributed by atoms with Gasteiger partial charge in [-0.1, -0.05) is 78.6 Å². The molecule has 3 aromatic carbocycles. The molecule has 0 spiro atoms. The van der Waals surface area contributed by atoms with Crippen LogP contribution in [-0.4, -0.2) is 9.03 Å². The van der Waals surface area contributed by atoms with Crippen molar-refractivity contribution in [1.29, 1.82) is 0 Å². The van der Waals surface area contributed by atoms with Crippen molar-refractivity contribution < 1.29 is 26.3 Å². The van der Waals surface area contributed by atoms with Gasteiger partial charge in [-0.25, -0.2) is 0 Å². The molecule has 1 fully saturated rings. The van der Waals surface area contributed by atoms with Gasteiger partial charge in [-0.05, 0) is 18.2 Å². The topological polar surface area (TPSA) is 20.2 Å². The predicted octanol–water partition coefficient (Wildman–Crippen LogP) is 1.33. The van der Waals surface area contributed by atoms with Gasteiger partial charge in [0.25, 0.3) is 21.2 Å². The summed E-state index contributed by atoms with van der Waals surface area (Å²) in [5.41, 5.74) is 4.26. The zero-order valence-corrected chi connectivity index (χ0v) is 15.8. The van der Waals surface area contributed by atoms with Gasteiger partial charge in [-0.3, -0.25) is 0 Å². The quantitative estimate of drug-likeness (QED) is 0.373. The van der Waals surface area contributed by atoms with E-state index in [2.05, 4.69) is 36.1 Å². The van der Waals surface area contributed by atoms with Gasteiger partial charge in [0.15, 0.2) is 0 Å². The molecule has 1 nitrogen and oxygen atoms in total. The Kier molecular flexibility index (Phi) is 4.87. The molecule has 0 radical (unpaired) electrons. The number of aliphatic hydroxyl groups excluding tert-OH is 1. The SMILES string of the molecule is OC(c1ccccc1C#Cc1ccccc1)C1[I+]C1c1ccccc1. The Balaban J connectivity index is 1.57. The lowest BCUT2D eigenvalue weighted by Gasteiger charge is -2.08. The van der Waals surface area contributed by atoms with Crippen LogP contribution in [-0.2, 0) is 0 Å². The highest BCUT2D eigenvalue weighted by molar-refractivity contribution is 5.47. The van der Waals surface area contributed by atoms with Crippen molar-refractivity contribution in [3.63, 3.8) is 0 Å². The van der Waals surface area contributed by atoms with Crippen LogP contribution in [0.3, 0.4) is 0 Å². The van der Waals surface area contributed by atoms with Gasteiger partial charge in [-0.15, -0.1) is 0 Å². The van der Waals surface area contributed by atoms with Crippen molar-refractivity contribution in [3.05, 3.63) is 107 Å². The van der Waals surface area contributed by atoms with Gasteiger partial charge in [-0.2, -0.15) is 0 Å². The molecular formula is C23H18IO+. The first-order chi connectivity index (χ1) is 12.3. The number of hydrogen-bond donors (Lipinski definition) is 1. The molecule has 0 aliphatic carbocycles. The maximum atomic E-state index is 10.9. The molecule has 1 saturated heterocycles. The lowest BCUT2D eigenvalue weighted by molar-refractivity contribution is -0.525. The minimum atomic E-state index is -0.417. The van der Waals surface area contributed by atoms with E-state index in [1.54, 1.807) is 0 Å². The fraction of sp³-hybridized carbons (Fsp3) is 0.130. The van der Waals surface area contributed by atoms with Crippen LogP contribution in [0.1, 0.15) is 32.3 Å². The molecule has 0 aromatic heterocycles. The number of alkyl halides is 2. The largest absolute Gasteiger partial charge is 0.383 e. The van der Waals surface area contributed by atoms with Crippen molar-refractivity contribution in [2.75, 3.05) is 0 Å². The smallest absolute Gasteiger partial charge is 0.294 e. The summed E-state index contributed by atoms with van der Waals surface area (Å²) >= 11 is -0.00184. The number of rotatable bonds is 3. The van der Waals surface area contributed by atoms with Crippen LogP contribution in [0.15, 0.2) is 84.9 Å². The Morgan fingerprint density at radius 1 is 0.760 bits per heavy atom. The van der Waals surface area contributed by atoms with E-state index in [0.29, 0.717) is 7.85 Å². The van der Waals surface area contributed by atoms with Crippen LogP contribution >= 0.6 is 0 Å². The van der Waals surface area contributed by atoms with E-state index in [0.717, 1.165) is 16.7 Å². The monoisotopic (exact) mass is 437 g/mol. The fourth-order valence-corrected chi connectivity index (χ4v) is 6.01. The lowest BCUT2D eigenvalue weighted by atomic mass is 9.97. The average molecular weight is 437 g/mol. The Bertz CT molecular complexity index is 909. The molecule has 25 heavy (non-hydrogen) atoms. The van der Waals surface area contributed by atoms with Gasteiger partial charge in [0, 0.05) is 22.3 Å². The van der Waals surface area contributed by atoms with Crippen LogP contribution in [0, 0.1) is 11.8 Å². The second-order valence-corrected chi connectivity index (χ2v) is 9.53. The van der Waals surface area contributed by atoms with Gasteiger partial charge in [0.1, 0.15) is 6.10 Å².